The number of amides is 1. The number of carboxylic acids is 1. The average Bonchev–Trinajstić information content (AvgIpc) is 3.18. The van der Waals surface area contributed by atoms with Gasteiger partial charge in [0, 0.05) is 11.0 Å². The van der Waals surface area contributed by atoms with Gasteiger partial charge in [-0.2, -0.15) is 0 Å². The Balaban J connectivity index is 1.61. The van der Waals surface area contributed by atoms with Gasteiger partial charge in [-0.15, -0.1) is 0 Å². The van der Waals surface area contributed by atoms with Crippen molar-refractivity contribution in [1.82, 2.24) is 4.90 Å². The first-order chi connectivity index (χ1) is 18.3. The van der Waals surface area contributed by atoms with Gasteiger partial charge in [-0.05, 0) is 101 Å². The molecule has 1 aliphatic heterocycles. The van der Waals surface area contributed by atoms with Crippen LogP contribution in [0.25, 0.3) is 6.08 Å². The minimum Gasteiger partial charge on any atom is -0.490 e. The molecule has 1 amide bonds. The number of halogens is 2. The first kappa shape index (κ1) is 27.9. The molecule has 1 heterocycles. The summed E-state index contributed by atoms with van der Waals surface area (Å²) in [7, 11) is 0. The number of carbonyl (C=O) groups is 2. The third-order valence-corrected chi connectivity index (χ3v) is 7.57. The SMILES string of the molecule is CCOc1cc(C=C2SC(=Nc3cccc(C(=O)O)c3)N(CC)C2=O)cc(Br)c1OCc1ccc(Br)cc1. The molecule has 0 unspecified atom stereocenters. The molecule has 0 saturated carbocycles. The maximum Gasteiger partial charge on any atom is 0.335 e. The minimum atomic E-state index is -1.03. The molecule has 7 nitrogen and oxygen atoms in total. The monoisotopic (exact) mass is 658 g/mol. The van der Waals surface area contributed by atoms with E-state index in [1.54, 1.807) is 23.1 Å². The molecule has 1 N–H and O–H groups in total. The summed E-state index contributed by atoms with van der Waals surface area (Å²) in [5.41, 5.74) is 2.38. The van der Waals surface area contributed by atoms with E-state index in [1.165, 1.54) is 23.9 Å². The second kappa shape index (κ2) is 12.6. The summed E-state index contributed by atoms with van der Waals surface area (Å²) < 4.78 is 13.7. The van der Waals surface area contributed by atoms with Gasteiger partial charge in [0.15, 0.2) is 16.7 Å². The van der Waals surface area contributed by atoms with Crippen LogP contribution in [0.3, 0.4) is 0 Å². The fraction of sp³-hybridized carbons (Fsp3) is 0.179. The zero-order valence-electron chi connectivity index (χ0n) is 20.6. The number of carbonyl (C=O) groups excluding carboxylic acids is 1. The number of likely N-dealkylation sites (N-methyl/N-ethyl adjacent to an activating group) is 1. The molecular weight excluding hydrogens is 636 g/mol. The number of benzene rings is 3. The quantitative estimate of drug-likeness (QED) is 0.239. The van der Waals surface area contributed by atoms with E-state index in [1.807, 2.05) is 50.2 Å². The van der Waals surface area contributed by atoms with E-state index in [9.17, 15) is 14.7 Å². The van der Waals surface area contributed by atoms with Gasteiger partial charge in [0.1, 0.15) is 6.61 Å². The van der Waals surface area contributed by atoms with Crippen LogP contribution in [0.1, 0.15) is 35.3 Å². The van der Waals surface area contributed by atoms with Gasteiger partial charge in [0.2, 0.25) is 0 Å². The lowest BCUT2D eigenvalue weighted by Gasteiger charge is -2.15. The van der Waals surface area contributed by atoms with Crippen molar-refractivity contribution >= 4 is 72.4 Å². The average molecular weight is 660 g/mol. The van der Waals surface area contributed by atoms with Gasteiger partial charge in [-0.3, -0.25) is 9.69 Å². The second-order valence-corrected chi connectivity index (χ2v) is 10.9. The van der Waals surface area contributed by atoms with Crippen LogP contribution in [0.5, 0.6) is 11.5 Å². The summed E-state index contributed by atoms with van der Waals surface area (Å²) in [5.74, 6) is -0.0588. The lowest BCUT2D eigenvalue weighted by Crippen LogP contribution is -2.28. The number of ether oxygens (including phenoxy) is 2. The molecule has 0 aliphatic carbocycles. The van der Waals surface area contributed by atoms with Crippen LogP contribution in [0, 0.1) is 0 Å². The van der Waals surface area contributed by atoms with Gasteiger partial charge in [0.05, 0.1) is 27.2 Å². The summed E-state index contributed by atoms with van der Waals surface area (Å²) in [4.78, 5) is 31.1. The normalized spacial score (nSPS) is 15.4. The van der Waals surface area contributed by atoms with Crippen molar-refractivity contribution < 1.29 is 24.2 Å². The molecule has 196 valence electrons. The summed E-state index contributed by atoms with van der Waals surface area (Å²) in [5, 5.41) is 9.76. The third-order valence-electron chi connectivity index (χ3n) is 5.45. The highest BCUT2D eigenvalue weighted by Crippen LogP contribution is 2.40. The van der Waals surface area contributed by atoms with Crippen LogP contribution in [0.15, 0.2) is 79.5 Å². The van der Waals surface area contributed by atoms with Crippen LogP contribution in [0.4, 0.5) is 5.69 Å². The third kappa shape index (κ3) is 6.67. The molecule has 0 radical (unpaired) electrons. The zero-order chi connectivity index (χ0) is 27.2. The Labute approximate surface area is 241 Å². The Morgan fingerprint density at radius 2 is 1.84 bits per heavy atom. The van der Waals surface area contributed by atoms with Crippen molar-refractivity contribution in [1.29, 1.82) is 0 Å². The van der Waals surface area contributed by atoms with E-state index in [4.69, 9.17) is 9.47 Å². The van der Waals surface area contributed by atoms with Gasteiger partial charge < -0.3 is 14.6 Å². The Bertz CT molecular complexity index is 1420. The van der Waals surface area contributed by atoms with Gasteiger partial charge >= 0.3 is 5.97 Å². The number of rotatable bonds is 9. The molecular formula is C28H24Br2N2O5S. The van der Waals surface area contributed by atoms with Crippen molar-refractivity contribution in [3.05, 3.63) is 91.2 Å². The smallest absolute Gasteiger partial charge is 0.335 e. The number of aliphatic imine (C=N–C) groups is 1. The lowest BCUT2D eigenvalue weighted by atomic mass is 10.1. The molecule has 0 atom stereocenters. The van der Waals surface area contributed by atoms with Crippen LogP contribution in [-0.2, 0) is 11.4 Å². The molecule has 1 aliphatic rings. The fourth-order valence-electron chi connectivity index (χ4n) is 3.65. The van der Waals surface area contributed by atoms with E-state index in [2.05, 4.69) is 36.9 Å². The number of carboxylic acid groups (broad SMARTS) is 1. The molecule has 0 spiro atoms. The number of hydrogen-bond acceptors (Lipinski definition) is 6. The maximum atomic E-state index is 13.2. The van der Waals surface area contributed by atoms with Crippen LogP contribution in [-0.4, -0.2) is 40.2 Å². The highest BCUT2D eigenvalue weighted by Gasteiger charge is 2.32. The van der Waals surface area contributed by atoms with Gasteiger partial charge in [-0.1, -0.05) is 34.1 Å². The van der Waals surface area contributed by atoms with Crippen LogP contribution < -0.4 is 9.47 Å². The van der Waals surface area contributed by atoms with E-state index in [-0.39, 0.29) is 11.5 Å². The molecule has 0 aromatic heterocycles. The summed E-state index contributed by atoms with van der Waals surface area (Å²) >= 11 is 8.28. The van der Waals surface area contributed by atoms with Crippen molar-refractivity contribution in [2.24, 2.45) is 4.99 Å². The van der Waals surface area contributed by atoms with E-state index >= 15 is 0 Å². The molecule has 1 fully saturated rings. The number of nitrogens with zero attached hydrogens (tertiary/aromatic N) is 2. The molecule has 1 saturated heterocycles. The molecule has 10 heteroatoms. The predicted octanol–water partition coefficient (Wildman–Crippen LogP) is 7.51. The topological polar surface area (TPSA) is 88.4 Å². The highest BCUT2D eigenvalue weighted by molar-refractivity contribution is 9.10. The molecule has 3 aromatic carbocycles. The summed E-state index contributed by atoms with van der Waals surface area (Å²) in [6.45, 7) is 5.01. The number of aromatic carboxylic acids is 1. The molecule has 38 heavy (non-hydrogen) atoms. The first-order valence-electron chi connectivity index (χ1n) is 11.8. The van der Waals surface area contributed by atoms with Crippen molar-refractivity contribution in [2.75, 3.05) is 13.2 Å². The van der Waals surface area contributed by atoms with Crippen molar-refractivity contribution in [3.8, 4) is 11.5 Å². The second-order valence-electron chi connectivity index (χ2n) is 8.09. The molecule has 0 bridgehead atoms. The Hall–Kier alpha value is -3.08. The maximum absolute atomic E-state index is 13.2. The van der Waals surface area contributed by atoms with E-state index < -0.39 is 5.97 Å². The Kier molecular flexibility index (Phi) is 9.30. The van der Waals surface area contributed by atoms with E-state index in [0.717, 1.165) is 15.6 Å². The minimum absolute atomic E-state index is 0.135. The molecule has 3 aromatic rings. The Morgan fingerprint density at radius 3 is 2.53 bits per heavy atom. The van der Waals surface area contributed by atoms with E-state index in [0.29, 0.717) is 51.5 Å². The summed E-state index contributed by atoms with van der Waals surface area (Å²) in [6.07, 6.45) is 1.79. The fourth-order valence-corrected chi connectivity index (χ4v) is 5.55. The highest BCUT2D eigenvalue weighted by atomic mass is 79.9. The predicted molar refractivity (Wildman–Crippen MR) is 157 cm³/mol. The van der Waals surface area contributed by atoms with Crippen LogP contribution >= 0.6 is 43.6 Å². The van der Waals surface area contributed by atoms with Gasteiger partial charge in [-0.25, -0.2) is 9.79 Å². The van der Waals surface area contributed by atoms with Crippen molar-refractivity contribution in [3.63, 3.8) is 0 Å². The van der Waals surface area contributed by atoms with Crippen LogP contribution in [0.2, 0.25) is 0 Å². The number of hydrogen-bond donors (Lipinski definition) is 1. The standard InChI is InChI=1S/C28H24Br2N2O5S/c1-3-32-26(33)24(38-28(32)31-21-7-5-6-19(15-21)27(34)35)14-18-12-22(30)25(23(13-18)36-4-2)37-16-17-8-10-20(29)11-9-17/h5-15H,3-4,16H2,1-2H3,(H,34,35). The first-order valence-corrected chi connectivity index (χ1v) is 14.2. The van der Waals surface area contributed by atoms with Crippen molar-refractivity contribution in [2.45, 2.75) is 20.5 Å². The Morgan fingerprint density at radius 1 is 1.08 bits per heavy atom. The largest absolute Gasteiger partial charge is 0.490 e. The lowest BCUT2D eigenvalue weighted by molar-refractivity contribution is -0.122. The summed E-state index contributed by atoms with van der Waals surface area (Å²) in [6, 6.07) is 17.9. The van der Waals surface area contributed by atoms with Gasteiger partial charge in [0.25, 0.3) is 5.91 Å². The number of amidine groups is 1. The zero-order valence-corrected chi connectivity index (χ0v) is 24.6. The number of thioether (sulfide) groups is 1. The molecule has 4 rings (SSSR count).